The number of hydrogen-bond donors (Lipinski definition) is 0. The van der Waals surface area contributed by atoms with Crippen molar-refractivity contribution in [2.45, 2.75) is 12.1 Å². The lowest BCUT2D eigenvalue weighted by atomic mass is 10.1. The van der Waals surface area contributed by atoms with Crippen molar-refractivity contribution in [1.29, 1.82) is 0 Å². The Kier molecular flexibility index (Phi) is 4.93. The highest BCUT2D eigenvalue weighted by molar-refractivity contribution is 7.99. The zero-order chi connectivity index (χ0) is 16.1. The second-order valence-corrected chi connectivity index (χ2v) is 6.29. The van der Waals surface area contributed by atoms with Crippen LogP contribution in [0.3, 0.4) is 0 Å². The van der Waals surface area contributed by atoms with Crippen LogP contribution in [0, 0.1) is 6.92 Å². The summed E-state index contributed by atoms with van der Waals surface area (Å²) < 4.78 is 2.06. The SMILES string of the molecule is Cc1ccccc1-c1nnc(SC/C=C/c2ccccc2)n1C. The average molecular weight is 321 g/mol. The molecule has 0 aliphatic rings. The van der Waals surface area contributed by atoms with E-state index in [0.717, 1.165) is 22.3 Å². The first kappa shape index (κ1) is 15.6. The molecule has 0 saturated carbocycles. The Morgan fingerprint density at radius 3 is 2.52 bits per heavy atom. The van der Waals surface area contributed by atoms with Crippen molar-refractivity contribution in [3.8, 4) is 11.4 Å². The van der Waals surface area contributed by atoms with E-state index in [-0.39, 0.29) is 0 Å². The van der Waals surface area contributed by atoms with Gasteiger partial charge in [0.25, 0.3) is 0 Å². The van der Waals surface area contributed by atoms with Gasteiger partial charge in [-0.25, -0.2) is 0 Å². The number of benzene rings is 2. The molecule has 0 atom stereocenters. The third-order valence-electron chi connectivity index (χ3n) is 3.64. The molecular formula is C19H19N3S. The molecule has 0 saturated heterocycles. The topological polar surface area (TPSA) is 30.7 Å². The molecule has 0 N–H and O–H groups in total. The zero-order valence-electron chi connectivity index (χ0n) is 13.3. The van der Waals surface area contributed by atoms with E-state index in [1.807, 2.05) is 37.4 Å². The Labute approximate surface area is 141 Å². The van der Waals surface area contributed by atoms with Crippen molar-refractivity contribution in [3.05, 3.63) is 71.8 Å². The number of aryl methyl sites for hydroxylation is 1. The molecule has 0 amide bonds. The van der Waals surface area contributed by atoms with Gasteiger partial charge in [-0.3, -0.25) is 0 Å². The van der Waals surface area contributed by atoms with Gasteiger partial charge in [-0.1, -0.05) is 78.5 Å². The lowest BCUT2D eigenvalue weighted by Gasteiger charge is -2.05. The van der Waals surface area contributed by atoms with Gasteiger partial charge in [-0.15, -0.1) is 10.2 Å². The maximum Gasteiger partial charge on any atom is 0.191 e. The van der Waals surface area contributed by atoms with Crippen LogP contribution in [0.1, 0.15) is 11.1 Å². The van der Waals surface area contributed by atoms with Gasteiger partial charge in [0, 0.05) is 18.4 Å². The van der Waals surface area contributed by atoms with Crippen LogP contribution in [0.25, 0.3) is 17.5 Å². The van der Waals surface area contributed by atoms with Crippen molar-refractivity contribution in [2.75, 3.05) is 5.75 Å². The quantitative estimate of drug-likeness (QED) is 0.644. The van der Waals surface area contributed by atoms with Gasteiger partial charge in [0.05, 0.1) is 0 Å². The predicted octanol–water partition coefficient (Wildman–Crippen LogP) is 4.60. The van der Waals surface area contributed by atoms with Gasteiger partial charge >= 0.3 is 0 Å². The average Bonchev–Trinajstić information content (AvgIpc) is 2.94. The molecule has 3 rings (SSSR count). The molecule has 0 aliphatic carbocycles. The molecule has 0 radical (unpaired) electrons. The van der Waals surface area contributed by atoms with Gasteiger partial charge in [-0.05, 0) is 18.1 Å². The van der Waals surface area contributed by atoms with Gasteiger partial charge in [0.2, 0.25) is 0 Å². The van der Waals surface area contributed by atoms with Crippen LogP contribution in [-0.4, -0.2) is 20.5 Å². The van der Waals surface area contributed by atoms with E-state index in [1.165, 1.54) is 11.1 Å². The van der Waals surface area contributed by atoms with Crippen molar-refractivity contribution in [3.63, 3.8) is 0 Å². The van der Waals surface area contributed by atoms with E-state index in [0.29, 0.717) is 0 Å². The maximum atomic E-state index is 4.35. The van der Waals surface area contributed by atoms with E-state index >= 15 is 0 Å². The van der Waals surface area contributed by atoms with E-state index in [2.05, 4.69) is 58.1 Å². The van der Waals surface area contributed by atoms with Crippen molar-refractivity contribution in [1.82, 2.24) is 14.8 Å². The Balaban J connectivity index is 1.68. The van der Waals surface area contributed by atoms with Gasteiger partial charge in [0.1, 0.15) is 0 Å². The van der Waals surface area contributed by atoms with Crippen molar-refractivity contribution >= 4 is 17.8 Å². The summed E-state index contributed by atoms with van der Waals surface area (Å²) in [5.74, 6) is 1.78. The molecule has 0 fully saturated rings. The predicted molar refractivity (Wildman–Crippen MR) is 97.4 cm³/mol. The minimum atomic E-state index is 0.870. The molecule has 116 valence electrons. The van der Waals surface area contributed by atoms with Crippen LogP contribution < -0.4 is 0 Å². The molecule has 1 heterocycles. The number of hydrogen-bond acceptors (Lipinski definition) is 3. The Morgan fingerprint density at radius 1 is 1.00 bits per heavy atom. The first-order valence-electron chi connectivity index (χ1n) is 7.55. The zero-order valence-corrected chi connectivity index (χ0v) is 14.1. The lowest BCUT2D eigenvalue weighted by Crippen LogP contribution is -1.96. The summed E-state index contributed by atoms with van der Waals surface area (Å²) in [5, 5.41) is 9.60. The van der Waals surface area contributed by atoms with Crippen LogP contribution in [0.15, 0.2) is 65.8 Å². The summed E-state index contributed by atoms with van der Waals surface area (Å²) in [5.41, 5.74) is 3.56. The fourth-order valence-electron chi connectivity index (χ4n) is 2.37. The summed E-state index contributed by atoms with van der Waals surface area (Å²) >= 11 is 1.69. The molecule has 0 aliphatic heterocycles. The third-order valence-corrected chi connectivity index (χ3v) is 4.61. The van der Waals surface area contributed by atoms with E-state index in [1.54, 1.807) is 11.8 Å². The first-order chi connectivity index (χ1) is 11.3. The molecular weight excluding hydrogens is 302 g/mol. The number of thioether (sulfide) groups is 1. The molecule has 0 unspecified atom stereocenters. The van der Waals surface area contributed by atoms with E-state index in [9.17, 15) is 0 Å². The van der Waals surface area contributed by atoms with Crippen LogP contribution in [-0.2, 0) is 7.05 Å². The summed E-state index contributed by atoms with van der Waals surface area (Å²) in [6.45, 7) is 2.10. The van der Waals surface area contributed by atoms with Gasteiger partial charge < -0.3 is 4.57 Å². The molecule has 2 aromatic carbocycles. The second-order valence-electron chi connectivity index (χ2n) is 5.30. The van der Waals surface area contributed by atoms with E-state index < -0.39 is 0 Å². The number of rotatable bonds is 5. The fourth-order valence-corrected chi connectivity index (χ4v) is 3.09. The van der Waals surface area contributed by atoms with Crippen LogP contribution in [0.4, 0.5) is 0 Å². The summed E-state index contributed by atoms with van der Waals surface area (Å²) in [6.07, 6.45) is 4.29. The minimum absolute atomic E-state index is 0.870. The monoisotopic (exact) mass is 321 g/mol. The summed E-state index contributed by atoms with van der Waals surface area (Å²) in [7, 11) is 2.02. The maximum absolute atomic E-state index is 4.35. The number of nitrogens with zero attached hydrogens (tertiary/aromatic N) is 3. The normalized spacial score (nSPS) is 11.2. The standard InChI is InChI=1S/C19H19N3S/c1-15-9-6-7-13-17(15)18-20-21-19(22(18)2)23-14-8-12-16-10-4-3-5-11-16/h3-13H,14H2,1-2H3/b12-8+. The van der Waals surface area contributed by atoms with Gasteiger partial charge in [0.15, 0.2) is 11.0 Å². The Morgan fingerprint density at radius 2 is 1.74 bits per heavy atom. The molecule has 23 heavy (non-hydrogen) atoms. The first-order valence-corrected chi connectivity index (χ1v) is 8.54. The highest BCUT2D eigenvalue weighted by atomic mass is 32.2. The fraction of sp³-hybridized carbons (Fsp3) is 0.158. The Hall–Kier alpha value is -2.33. The van der Waals surface area contributed by atoms with Crippen molar-refractivity contribution < 1.29 is 0 Å². The lowest BCUT2D eigenvalue weighted by molar-refractivity contribution is 0.794. The summed E-state index contributed by atoms with van der Waals surface area (Å²) in [6, 6.07) is 18.6. The second kappa shape index (κ2) is 7.29. The number of aromatic nitrogens is 3. The smallest absolute Gasteiger partial charge is 0.191 e. The minimum Gasteiger partial charge on any atom is -0.305 e. The molecule has 4 heteroatoms. The summed E-state index contributed by atoms with van der Waals surface area (Å²) in [4.78, 5) is 0. The molecule has 3 nitrogen and oxygen atoms in total. The molecule has 1 aromatic heterocycles. The molecule has 0 bridgehead atoms. The third kappa shape index (κ3) is 3.71. The highest BCUT2D eigenvalue weighted by Gasteiger charge is 2.11. The molecule has 0 spiro atoms. The van der Waals surface area contributed by atoms with Crippen LogP contribution in [0.2, 0.25) is 0 Å². The van der Waals surface area contributed by atoms with Gasteiger partial charge in [-0.2, -0.15) is 0 Å². The highest BCUT2D eigenvalue weighted by Crippen LogP contribution is 2.25. The largest absolute Gasteiger partial charge is 0.305 e. The molecule has 3 aromatic rings. The van der Waals surface area contributed by atoms with Crippen LogP contribution in [0.5, 0.6) is 0 Å². The van der Waals surface area contributed by atoms with E-state index in [4.69, 9.17) is 0 Å². The van der Waals surface area contributed by atoms with Crippen LogP contribution >= 0.6 is 11.8 Å². The Bertz CT molecular complexity index is 806. The van der Waals surface area contributed by atoms with Crippen molar-refractivity contribution in [2.24, 2.45) is 7.05 Å².